The molecule has 1 heterocycles. The van der Waals surface area contributed by atoms with Crippen LogP contribution in [0.25, 0.3) is 0 Å². The van der Waals surface area contributed by atoms with Crippen LogP contribution in [0, 0.1) is 0 Å². The van der Waals surface area contributed by atoms with E-state index in [4.69, 9.17) is 9.47 Å². The highest BCUT2D eigenvalue weighted by Crippen LogP contribution is 2.56. The van der Waals surface area contributed by atoms with Gasteiger partial charge in [-0.1, -0.05) is 6.07 Å². The fourth-order valence-electron chi connectivity index (χ4n) is 4.63. The minimum Gasteiger partial charge on any atom is -0.504 e. The third-order valence-electron chi connectivity index (χ3n) is 5.82. The van der Waals surface area contributed by atoms with Gasteiger partial charge in [0, 0.05) is 17.0 Å². The minimum atomic E-state index is -0.735. The molecule has 1 aromatic carbocycles. The van der Waals surface area contributed by atoms with Crippen LogP contribution in [0.15, 0.2) is 35.6 Å². The van der Waals surface area contributed by atoms with E-state index >= 15 is 0 Å². The van der Waals surface area contributed by atoms with E-state index in [0.717, 1.165) is 36.1 Å². The summed E-state index contributed by atoms with van der Waals surface area (Å²) in [4.78, 5) is 2.33. The summed E-state index contributed by atoms with van der Waals surface area (Å²) in [7, 11) is 5.26. The van der Waals surface area contributed by atoms with E-state index in [-0.39, 0.29) is 11.8 Å². The predicted octanol–water partition coefficient (Wildman–Crippen LogP) is 1.73. The maximum Gasteiger partial charge on any atom is 0.162 e. The molecule has 3 atom stereocenters. The summed E-state index contributed by atoms with van der Waals surface area (Å²) in [6.07, 6.45) is 4.82. The van der Waals surface area contributed by atoms with E-state index in [0.29, 0.717) is 11.5 Å². The molecule has 5 heteroatoms. The fraction of sp³-hybridized carbons (Fsp3) is 0.474. The zero-order chi connectivity index (χ0) is 17.1. The third-order valence-corrected chi connectivity index (χ3v) is 5.82. The average molecular weight is 329 g/mol. The lowest BCUT2D eigenvalue weighted by Crippen LogP contribution is -2.54. The first kappa shape index (κ1) is 15.5. The van der Waals surface area contributed by atoms with Crippen molar-refractivity contribution >= 4 is 0 Å². The van der Waals surface area contributed by atoms with Crippen LogP contribution in [0.5, 0.6) is 11.5 Å². The van der Waals surface area contributed by atoms with E-state index in [9.17, 15) is 10.2 Å². The van der Waals surface area contributed by atoms with Crippen LogP contribution >= 0.6 is 0 Å². The third kappa shape index (κ3) is 1.88. The first-order valence-electron chi connectivity index (χ1n) is 8.28. The van der Waals surface area contributed by atoms with Crippen LogP contribution in [0.1, 0.15) is 17.5 Å². The standard InChI is InChI=1S/C19H23NO4/c1-20-7-6-19-10-16(24-3)14(21)9-12(19)13(20)8-11-4-5-15(23-2)18(22)17(11)19/h4-5,9-10,13-14,21-22H,6-8H2,1-3H3/t13-,14+,19-/m0/s1. The number of nitrogens with zero attached hydrogens (tertiary/aromatic N) is 1. The molecule has 0 amide bonds. The van der Waals surface area contributed by atoms with Crippen molar-refractivity contribution in [1.82, 2.24) is 4.90 Å². The first-order chi connectivity index (χ1) is 11.5. The van der Waals surface area contributed by atoms with Crippen molar-refractivity contribution in [1.29, 1.82) is 0 Å². The molecule has 5 nitrogen and oxygen atoms in total. The molecule has 0 radical (unpaired) electrons. The van der Waals surface area contributed by atoms with Crippen molar-refractivity contribution in [2.75, 3.05) is 27.8 Å². The number of rotatable bonds is 2. The van der Waals surface area contributed by atoms with Gasteiger partial charge in [-0.25, -0.2) is 0 Å². The highest BCUT2D eigenvalue weighted by atomic mass is 16.5. The maximum atomic E-state index is 10.9. The zero-order valence-corrected chi connectivity index (χ0v) is 14.2. The molecule has 2 aliphatic carbocycles. The molecule has 0 saturated carbocycles. The molecule has 0 aromatic heterocycles. The Labute approximate surface area is 141 Å². The number of benzene rings is 1. The van der Waals surface area contributed by atoms with E-state index in [1.165, 1.54) is 0 Å². The number of hydrogen-bond donors (Lipinski definition) is 2. The number of allylic oxidation sites excluding steroid dienone is 1. The molecule has 1 fully saturated rings. The molecular weight excluding hydrogens is 306 g/mol. The van der Waals surface area contributed by atoms with Crippen molar-refractivity contribution in [2.24, 2.45) is 0 Å². The lowest BCUT2D eigenvalue weighted by atomic mass is 9.58. The number of aliphatic hydroxyl groups excluding tert-OH is 1. The second kappa shape index (κ2) is 5.26. The summed E-state index contributed by atoms with van der Waals surface area (Å²) in [5.41, 5.74) is 2.75. The summed E-state index contributed by atoms with van der Waals surface area (Å²) in [5.74, 6) is 1.22. The number of methoxy groups -OCH3 is 2. The van der Waals surface area contributed by atoms with Gasteiger partial charge in [-0.2, -0.15) is 0 Å². The van der Waals surface area contributed by atoms with Gasteiger partial charge in [0.25, 0.3) is 0 Å². The highest BCUT2D eigenvalue weighted by molar-refractivity contribution is 5.64. The van der Waals surface area contributed by atoms with Gasteiger partial charge in [0.1, 0.15) is 11.9 Å². The van der Waals surface area contributed by atoms with Crippen LogP contribution < -0.4 is 4.74 Å². The summed E-state index contributed by atoms with van der Waals surface area (Å²) >= 11 is 0. The number of ether oxygens (including phenoxy) is 2. The van der Waals surface area contributed by atoms with Crippen LogP contribution in [-0.4, -0.2) is 55.1 Å². The second-order valence-electron chi connectivity index (χ2n) is 6.89. The highest BCUT2D eigenvalue weighted by Gasteiger charge is 2.51. The Morgan fingerprint density at radius 3 is 2.75 bits per heavy atom. The smallest absolute Gasteiger partial charge is 0.162 e. The molecule has 0 unspecified atom stereocenters. The van der Waals surface area contributed by atoms with Gasteiger partial charge in [-0.05, 0) is 55.8 Å². The van der Waals surface area contributed by atoms with Crippen molar-refractivity contribution in [3.8, 4) is 11.5 Å². The van der Waals surface area contributed by atoms with Gasteiger partial charge in [-0.15, -0.1) is 0 Å². The number of likely N-dealkylation sites (tertiary alicyclic amines) is 1. The first-order valence-corrected chi connectivity index (χ1v) is 8.28. The second-order valence-corrected chi connectivity index (χ2v) is 6.89. The predicted molar refractivity (Wildman–Crippen MR) is 90.3 cm³/mol. The van der Waals surface area contributed by atoms with Gasteiger partial charge in [-0.3, -0.25) is 4.90 Å². The number of hydrogen-bond acceptors (Lipinski definition) is 5. The van der Waals surface area contributed by atoms with Crippen molar-refractivity contribution in [2.45, 2.75) is 30.4 Å². The molecule has 128 valence electrons. The van der Waals surface area contributed by atoms with Crippen LogP contribution in [0.4, 0.5) is 0 Å². The quantitative estimate of drug-likeness (QED) is 0.809. The average Bonchev–Trinajstić information content (AvgIpc) is 2.58. The van der Waals surface area contributed by atoms with Crippen LogP contribution in [0.2, 0.25) is 0 Å². The summed E-state index contributed by atoms with van der Waals surface area (Å²) in [5, 5.41) is 21.3. The number of aliphatic hydroxyl groups is 1. The molecular formula is C19H23NO4. The monoisotopic (exact) mass is 329 g/mol. The van der Waals surface area contributed by atoms with E-state index < -0.39 is 11.5 Å². The number of fused-ring (bicyclic) bond motifs is 1. The molecule has 2 N–H and O–H groups in total. The topological polar surface area (TPSA) is 62.2 Å². The lowest BCUT2D eigenvalue weighted by Gasteiger charge is -2.53. The molecule has 1 saturated heterocycles. The fourth-order valence-corrected chi connectivity index (χ4v) is 4.63. The largest absolute Gasteiger partial charge is 0.504 e. The molecule has 3 aliphatic rings. The molecule has 1 aliphatic heterocycles. The Bertz CT molecular complexity index is 754. The SMILES string of the molecule is COC1=C[C@]23CCN(C)[C@@H](Cc4ccc(OC)c(O)c42)C3=C[C@H]1O. The summed E-state index contributed by atoms with van der Waals surface area (Å²) < 4.78 is 10.8. The van der Waals surface area contributed by atoms with Crippen LogP contribution in [0.3, 0.4) is 0 Å². The van der Waals surface area contributed by atoms with Gasteiger partial charge < -0.3 is 19.7 Å². The van der Waals surface area contributed by atoms with Gasteiger partial charge in [0.05, 0.1) is 14.2 Å². The number of aromatic hydroxyl groups is 1. The van der Waals surface area contributed by atoms with E-state index in [1.807, 2.05) is 24.3 Å². The lowest BCUT2D eigenvalue weighted by molar-refractivity contribution is 0.131. The van der Waals surface area contributed by atoms with E-state index in [2.05, 4.69) is 11.9 Å². The number of likely N-dealkylation sites (N-methyl/N-ethyl adjacent to an activating group) is 1. The molecule has 24 heavy (non-hydrogen) atoms. The van der Waals surface area contributed by atoms with Crippen molar-refractivity contribution < 1.29 is 19.7 Å². The van der Waals surface area contributed by atoms with Crippen molar-refractivity contribution in [3.05, 3.63) is 46.7 Å². The summed E-state index contributed by atoms with van der Waals surface area (Å²) in [6.45, 7) is 0.918. The number of piperidine rings is 1. The Balaban J connectivity index is 2.01. The van der Waals surface area contributed by atoms with Crippen molar-refractivity contribution in [3.63, 3.8) is 0 Å². The number of phenolic OH excluding ortho intramolecular Hbond substituents is 1. The Hall–Kier alpha value is -1.98. The Morgan fingerprint density at radius 2 is 2.04 bits per heavy atom. The molecule has 4 rings (SSSR count). The minimum absolute atomic E-state index is 0.201. The molecule has 0 spiro atoms. The summed E-state index contributed by atoms with van der Waals surface area (Å²) in [6, 6.07) is 4.10. The normalized spacial score (nSPS) is 31.5. The maximum absolute atomic E-state index is 10.9. The zero-order valence-electron chi connectivity index (χ0n) is 14.2. The number of phenols is 1. The van der Waals surface area contributed by atoms with Crippen LogP contribution in [-0.2, 0) is 16.6 Å². The van der Waals surface area contributed by atoms with Gasteiger partial charge in [0.15, 0.2) is 11.5 Å². The molecule has 2 bridgehead atoms. The Kier molecular flexibility index (Phi) is 3.41. The van der Waals surface area contributed by atoms with E-state index in [1.54, 1.807) is 14.2 Å². The Morgan fingerprint density at radius 1 is 1.25 bits per heavy atom. The van der Waals surface area contributed by atoms with Gasteiger partial charge in [0.2, 0.25) is 0 Å². The van der Waals surface area contributed by atoms with Gasteiger partial charge >= 0.3 is 0 Å². The molecule has 1 aromatic rings.